The van der Waals surface area contributed by atoms with Gasteiger partial charge in [0.25, 0.3) is 5.69 Å². The second-order valence-corrected chi connectivity index (χ2v) is 3.99. The molecular weight excluding hydrogens is 270 g/mol. The molecule has 7 heteroatoms. The zero-order chi connectivity index (χ0) is 14.7. The number of nitrogens with two attached hydrogens (primary N) is 1. The molecular formula is C13H10F2N2O3. The fraction of sp³-hybridized carbons (Fsp3) is 0.0769. The van der Waals surface area contributed by atoms with Gasteiger partial charge in [0, 0.05) is 6.07 Å². The molecule has 2 aromatic carbocycles. The molecule has 20 heavy (non-hydrogen) atoms. The SMILES string of the molecule is Nc1cc(COc2cccc(F)c2F)ccc1[N+](=O)[O-]. The minimum atomic E-state index is -1.08. The van der Waals surface area contributed by atoms with Crippen LogP contribution in [0, 0.1) is 21.7 Å². The standard InChI is InChI=1S/C13H10F2N2O3/c14-9-2-1-3-12(13(9)15)20-7-8-4-5-11(17(18)19)10(16)6-8/h1-6H,7,16H2. The second kappa shape index (κ2) is 5.52. The van der Waals surface area contributed by atoms with Crippen LogP contribution in [0.25, 0.3) is 0 Å². The van der Waals surface area contributed by atoms with Crippen molar-refractivity contribution in [1.29, 1.82) is 0 Å². The summed E-state index contributed by atoms with van der Waals surface area (Å²) >= 11 is 0. The number of hydrogen-bond acceptors (Lipinski definition) is 4. The van der Waals surface area contributed by atoms with E-state index < -0.39 is 16.6 Å². The van der Waals surface area contributed by atoms with Crippen molar-refractivity contribution in [1.82, 2.24) is 0 Å². The molecule has 0 amide bonds. The van der Waals surface area contributed by atoms with Crippen LogP contribution in [-0.2, 0) is 6.61 Å². The van der Waals surface area contributed by atoms with Gasteiger partial charge in [-0.3, -0.25) is 10.1 Å². The zero-order valence-corrected chi connectivity index (χ0v) is 10.2. The number of ether oxygens (including phenoxy) is 1. The van der Waals surface area contributed by atoms with E-state index in [1.54, 1.807) is 0 Å². The molecule has 0 unspecified atom stereocenters. The lowest BCUT2D eigenvalue weighted by molar-refractivity contribution is -0.383. The van der Waals surface area contributed by atoms with E-state index in [0.717, 1.165) is 6.07 Å². The summed E-state index contributed by atoms with van der Waals surface area (Å²) in [6, 6.07) is 7.61. The maximum absolute atomic E-state index is 13.3. The van der Waals surface area contributed by atoms with Crippen LogP contribution in [-0.4, -0.2) is 4.92 Å². The van der Waals surface area contributed by atoms with Gasteiger partial charge >= 0.3 is 0 Å². The second-order valence-electron chi connectivity index (χ2n) is 3.99. The lowest BCUT2D eigenvalue weighted by Gasteiger charge is -2.08. The molecule has 0 atom stereocenters. The summed E-state index contributed by atoms with van der Waals surface area (Å²) in [5, 5.41) is 10.6. The van der Waals surface area contributed by atoms with E-state index in [2.05, 4.69) is 0 Å². The van der Waals surface area contributed by atoms with Gasteiger partial charge in [-0.2, -0.15) is 4.39 Å². The van der Waals surface area contributed by atoms with Crippen LogP contribution in [0.1, 0.15) is 5.56 Å². The predicted octanol–water partition coefficient (Wildman–Crippen LogP) is 3.03. The predicted molar refractivity (Wildman–Crippen MR) is 68.2 cm³/mol. The lowest BCUT2D eigenvalue weighted by atomic mass is 10.2. The summed E-state index contributed by atoms with van der Waals surface area (Å²) in [6.07, 6.45) is 0. The van der Waals surface area contributed by atoms with Crippen LogP contribution in [0.2, 0.25) is 0 Å². The maximum Gasteiger partial charge on any atom is 0.292 e. The van der Waals surface area contributed by atoms with Crippen LogP contribution in [0.3, 0.4) is 0 Å². The maximum atomic E-state index is 13.3. The Morgan fingerprint density at radius 3 is 2.65 bits per heavy atom. The fourth-order valence-corrected chi connectivity index (χ4v) is 1.62. The molecule has 2 N–H and O–H groups in total. The van der Waals surface area contributed by atoms with E-state index in [1.807, 2.05) is 0 Å². The van der Waals surface area contributed by atoms with Gasteiger partial charge in [-0.05, 0) is 29.8 Å². The normalized spacial score (nSPS) is 10.3. The van der Waals surface area contributed by atoms with Gasteiger partial charge in [-0.1, -0.05) is 6.07 Å². The van der Waals surface area contributed by atoms with Crippen molar-refractivity contribution in [2.75, 3.05) is 5.73 Å². The Balaban J connectivity index is 2.13. The monoisotopic (exact) mass is 280 g/mol. The Kier molecular flexibility index (Phi) is 3.79. The topological polar surface area (TPSA) is 78.4 Å². The summed E-state index contributed by atoms with van der Waals surface area (Å²) in [5.41, 5.74) is 5.79. The van der Waals surface area contributed by atoms with E-state index in [0.29, 0.717) is 5.56 Å². The fourth-order valence-electron chi connectivity index (χ4n) is 1.62. The average molecular weight is 280 g/mol. The summed E-state index contributed by atoms with van der Waals surface area (Å²) in [4.78, 5) is 9.99. The number of anilines is 1. The van der Waals surface area contributed by atoms with Crippen molar-refractivity contribution in [3.63, 3.8) is 0 Å². The minimum absolute atomic E-state index is 0.0178. The van der Waals surface area contributed by atoms with Crippen LogP contribution < -0.4 is 10.5 Å². The van der Waals surface area contributed by atoms with Gasteiger partial charge in [-0.15, -0.1) is 0 Å². The number of hydrogen-bond donors (Lipinski definition) is 1. The zero-order valence-electron chi connectivity index (χ0n) is 10.2. The molecule has 0 bridgehead atoms. The Hall–Kier alpha value is -2.70. The van der Waals surface area contributed by atoms with Crippen molar-refractivity contribution in [3.8, 4) is 5.75 Å². The third kappa shape index (κ3) is 2.82. The van der Waals surface area contributed by atoms with E-state index in [4.69, 9.17) is 10.5 Å². The third-order valence-electron chi connectivity index (χ3n) is 2.60. The van der Waals surface area contributed by atoms with Gasteiger partial charge in [0.05, 0.1) is 4.92 Å². The highest BCUT2D eigenvalue weighted by Crippen LogP contribution is 2.24. The molecule has 0 spiro atoms. The first kappa shape index (κ1) is 13.7. The van der Waals surface area contributed by atoms with E-state index >= 15 is 0 Å². The molecule has 0 heterocycles. The minimum Gasteiger partial charge on any atom is -0.486 e. The average Bonchev–Trinajstić information content (AvgIpc) is 2.40. The number of nitro groups is 1. The van der Waals surface area contributed by atoms with E-state index in [1.165, 1.54) is 30.3 Å². The smallest absolute Gasteiger partial charge is 0.292 e. The van der Waals surface area contributed by atoms with Crippen molar-refractivity contribution in [2.45, 2.75) is 6.61 Å². The molecule has 0 saturated heterocycles. The molecule has 0 aliphatic carbocycles. The third-order valence-corrected chi connectivity index (χ3v) is 2.60. The molecule has 0 aliphatic rings. The van der Waals surface area contributed by atoms with Gasteiger partial charge < -0.3 is 10.5 Å². The molecule has 0 fully saturated rings. The number of nitrogen functional groups attached to an aromatic ring is 1. The Labute approximate surface area is 112 Å². The summed E-state index contributed by atoms with van der Waals surface area (Å²) in [6.45, 7) is -0.0808. The Morgan fingerprint density at radius 2 is 2.00 bits per heavy atom. The van der Waals surface area contributed by atoms with Crippen molar-refractivity contribution in [3.05, 3.63) is 63.7 Å². The highest BCUT2D eigenvalue weighted by atomic mass is 19.2. The number of rotatable bonds is 4. The molecule has 0 aliphatic heterocycles. The highest BCUT2D eigenvalue weighted by Gasteiger charge is 2.12. The summed E-state index contributed by atoms with van der Waals surface area (Å²) < 4.78 is 31.4. The first-order valence-corrected chi connectivity index (χ1v) is 5.58. The first-order valence-electron chi connectivity index (χ1n) is 5.58. The van der Waals surface area contributed by atoms with Gasteiger partial charge in [0.2, 0.25) is 5.82 Å². The largest absolute Gasteiger partial charge is 0.486 e. The summed E-state index contributed by atoms with van der Waals surface area (Å²) in [5.74, 6) is -2.32. The Bertz CT molecular complexity index is 662. The molecule has 5 nitrogen and oxygen atoms in total. The van der Waals surface area contributed by atoms with Gasteiger partial charge in [-0.25, -0.2) is 4.39 Å². The van der Waals surface area contributed by atoms with Crippen molar-refractivity contribution < 1.29 is 18.4 Å². The van der Waals surface area contributed by atoms with Crippen LogP contribution >= 0.6 is 0 Å². The quantitative estimate of drug-likeness (QED) is 0.530. The van der Waals surface area contributed by atoms with Gasteiger partial charge in [0.1, 0.15) is 12.3 Å². The van der Waals surface area contributed by atoms with Crippen molar-refractivity contribution in [2.24, 2.45) is 0 Å². The molecule has 0 saturated carbocycles. The number of halogens is 2. The van der Waals surface area contributed by atoms with Gasteiger partial charge in [0.15, 0.2) is 11.6 Å². The van der Waals surface area contributed by atoms with Crippen molar-refractivity contribution >= 4 is 11.4 Å². The van der Waals surface area contributed by atoms with Crippen LogP contribution in [0.4, 0.5) is 20.2 Å². The lowest BCUT2D eigenvalue weighted by Crippen LogP contribution is -2.01. The number of benzene rings is 2. The summed E-state index contributed by atoms with van der Waals surface area (Å²) in [7, 11) is 0. The molecule has 2 aromatic rings. The number of nitro benzene ring substituents is 1. The molecule has 104 valence electrons. The first-order chi connectivity index (χ1) is 9.49. The highest BCUT2D eigenvalue weighted by molar-refractivity contribution is 5.59. The Morgan fingerprint density at radius 1 is 1.25 bits per heavy atom. The van der Waals surface area contributed by atoms with Crippen LogP contribution in [0.5, 0.6) is 5.75 Å². The molecule has 0 aromatic heterocycles. The molecule has 0 radical (unpaired) electrons. The van der Waals surface area contributed by atoms with E-state index in [9.17, 15) is 18.9 Å². The molecule has 2 rings (SSSR count). The van der Waals surface area contributed by atoms with E-state index in [-0.39, 0.29) is 23.7 Å². The number of nitrogens with zero attached hydrogens (tertiary/aromatic N) is 1. The van der Waals surface area contributed by atoms with Crippen LogP contribution in [0.15, 0.2) is 36.4 Å².